The monoisotopic (exact) mass is 364 g/mol. The molecule has 27 heavy (non-hydrogen) atoms. The van der Waals surface area contributed by atoms with Gasteiger partial charge in [0.1, 0.15) is 0 Å². The number of hydrogen-bond acceptors (Lipinski definition) is 2. The van der Waals surface area contributed by atoms with Crippen molar-refractivity contribution in [2.75, 3.05) is 18.0 Å². The lowest BCUT2D eigenvalue weighted by molar-refractivity contribution is -0.135. The largest absolute Gasteiger partial charge is 0.342 e. The van der Waals surface area contributed by atoms with Crippen molar-refractivity contribution >= 4 is 23.2 Å². The topological polar surface area (TPSA) is 40.6 Å². The summed E-state index contributed by atoms with van der Waals surface area (Å²) in [5.74, 6) is 1.08. The molecule has 2 aromatic carbocycles. The number of para-hydroxylation sites is 2. The zero-order valence-corrected chi connectivity index (χ0v) is 16.2. The Morgan fingerprint density at radius 3 is 1.81 bits per heavy atom. The molecule has 0 saturated carbocycles. The maximum atomic E-state index is 13.0. The van der Waals surface area contributed by atoms with E-state index in [1.54, 1.807) is 4.90 Å². The molecule has 0 bridgehead atoms. The van der Waals surface area contributed by atoms with E-state index in [1.165, 1.54) is 6.42 Å². The maximum Gasteiger partial charge on any atom is 0.232 e. The highest BCUT2D eigenvalue weighted by Crippen LogP contribution is 2.27. The second kappa shape index (κ2) is 8.85. The number of anilines is 2. The Morgan fingerprint density at radius 1 is 0.852 bits per heavy atom. The van der Waals surface area contributed by atoms with Crippen molar-refractivity contribution in [3.05, 3.63) is 60.7 Å². The van der Waals surface area contributed by atoms with Crippen molar-refractivity contribution in [3.8, 4) is 0 Å². The van der Waals surface area contributed by atoms with Gasteiger partial charge in [-0.05, 0) is 42.5 Å². The van der Waals surface area contributed by atoms with Crippen LogP contribution in [-0.2, 0) is 9.59 Å². The Hall–Kier alpha value is -2.62. The maximum absolute atomic E-state index is 13.0. The molecule has 1 heterocycles. The highest BCUT2D eigenvalue weighted by atomic mass is 16.2. The lowest BCUT2D eigenvalue weighted by atomic mass is 9.91. The third kappa shape index (κ3) is 4.97. The van der Waals surface area contributed by atoms with Gasteiger partial charge in [0, 0.05) is 37.3 Å². The predicted molar refractivity (Wildman–Crippen MR) is 109 cm³/mol. The standard InChI is InChI=1S/C23H28N2O2/c1-18-15-19(2)17-24(16-18)22(26)13-14-23(27)25(20-9-5-3-6-10-20)21-11-7-4-8-12-21/h3-12,18-19H,13-17H2,1-2H3/t18-,19+. The molecule has 1 aliphatic rings. The quantitative estimate of drug-likeness (QED) is 0.776. The van der Waals surface area contributed by atoms with Crippen LogP contribution in [0.1, 0.15) is 33.1 Å². The first kappa shape index (κ1) is 19.2. The van der Waals surface area contributed by atoms with Gasteiger partial charge < -0.3 is 4.90 Å². The van der Waals surface area contributed by atoms with Crippen LogP contribution in [0.25, 0.3) is 0 Å². The number of rotatable bonds is 5. The smallest absolute Gasteiger partial charge is 0.232 e. The van der Waals surface area contributed by atoms with Gasteiger partial charge in [-0.1, -0.05) is 50.2 Å². The van der Waals surface area contributed by atoms with E-state index in [2.05, 4.69) is 13.8 Å². The van der Waals surface area contributed by atoms with Crippen molar-refractivity contribution in [3.63, 3.8) is 0 Å². The molecule has 1 saturated heterocycles. The van der Waals surface area contributed by atoms with E-state index in [0.717, 1.165) is 24.5 Å². The van der Waals surface area contributed by atoms with Crippen molar-refractivity contribution in [1.29, 1.82) is 0 Å². The van der Waals surface area contributed by atoms with E-state index in [0.29, 0.717) is 11.8 Å². The summed E-state index contributed by atoms with van der Waals surface area (Å²) in [5, 5.41) is 0. The molecule has 4 nitrogen and oxygen atoms in total. The van der Waals surface area contributed by atoms with Crippen LogP contribution in [-0.4, -0.2) is 29.8 Å². The first-order chi connectivity index (χ1) is 13.0. The summed E-state index contributed by atoms with van der Waals surface area (Å²) in [6.45, 7) is 5.98. The number of nitrogens with zero attached hydrogens (tertiary/aromatic N) is 2. The number of benzene rings is 2. The summed E-state index contributed by atoms with van der Waals surface area (Å²) in [6, 6.07) is 19.2. The first-order valence-corrected chi connectivity index (χ1v) is 9.75. The molecular weight excluding hydrogens is 336 g/mol. The molecule has 3 rings (SSSR count). The van der Waals surface area contributed by atoms with Gasteiger partial charge in [-0.3, -0.25) is 14.5 Å². The summed E-state index contributed by atoms with van der Waals surface area (Å²) < 4.78 is 0. The molecule has 2 aromatic rings. The number of carbonyl (C=O) groups excluding carboxylic acids is 2. The third-order valence-electron chi connectivity index (χ3n) is 5.05. The fourth-order valence-corrected chi connectivity index (χ4v) is 3.94. The van der Waals surface area contributed by atoms with Crippen LogP contribution < -0.4 is 4.90 Å². The molecule has 0 aromatic heterocycles. The molecule has 2 atom stereocenters. The average Bonchev–Trinajstić information content (AvgIpc) is 2.67. The minimum absolute atomic E-state index is 0.0566. The van der Waals surface area contributed by atoms with E-state index in [1.807, 2.05) is 65.6 Å². The van der Waals surface area contributed by atoms with Gasteiger partial charge in [0.25, 0.3) is 0 Å². The Morgan fingerprint density at radius 2 is 1.33 bits per heavy atom. The number of carbonyl (C=O) groups is 2. The van der Waals surface area contributed by atoms with Crippen molar-refractivity contribution in [2.45, 2.75) is 33.1 Å². The summed E-state index contributed by atoms with van der Waals surface area (Å²) in [4.78, 5) is 29.3. The summed E-state index contributed by atoms with van der Waals surface area (Å²) in [7, 11) is 0. The molecule has 0 radical (unpaired) electrons. The number of hydrogen-bond donors (Lipinski definition) is 0. The molecule has 0 unspecified atom stereocenters. The van der Waals surface area contributed by atoms with E-state index < -0.39 is 0 Å². The van der Waals surface area contributed by atoms with Crippen LogP contribution in [0.4, 0.5) is 11.4 Å². The lowest BCUT2D eigenvalue weighted by Crippen LogP contribution is -2.42. The summed E-state index contributed by atoms with van der Waals surface area (Å²) in [5.41, 5.74) is 1.64. The second-order valence-corrected chi connectivity index (χ2v) is 7.65. The fourth-order valence-electron chi connectivity index (χ4n) is 3.94. The Bertz CT molecular complexity index is 711. The fraction of sp³-hybridized carbons (Fsp3) is 0.391. The van der Waals surface area contributed by atoms with Gasteiger partial charge in [0.2, 0.25) is 11.8 Å². The van der Waals surface area contributed by atoms with E-state index in [-0.39, 0.29) is 24.7 Å². The third-order valence-corrected chi connectivity index (χ3v) is 5.05. The minimum Gasteiger partial charge on any atom is -0.342 e. The number of likely N-dealkylation sites (tertiary alicyclic amines) is 1. The second-order valence-electron chi connectivity index (χ2n) is 7.65. The van der Waals surface area contributed by atoms with Crippen LogP contribution in [0.3, 0.4) is 0 Å². The van der Waals surface area contributed by atoms with Crippen LogP contribution in [0.15, 0.2) is 60.7 Å². The normalized spacial score (nSPS) is 19.6. The first-order valence-electron chi connectivity index (χ1n) is 9.75. The summed E-state index contributed by atoms with van der Waals surface area (Å²) >= 11 is 0. The Kier molecular flexibility index (Phi) is 6.28. The molecule has 2 amide bonds. The average molecular weight is 364 g/mol. The zero-order chi connectivity index (χ0) is 19.2. The summed E-state index contributed by atoms with van der Waals surface area (Å²) in [6.07, 6.45) is 1.63. The highest BCUT2D eigenvalue weighted by Gasteiger charge is 2.26. The van der Waals surface area contributed by atoms with Crippen LogP contribution in [0.2, 0.25) is 0 Å². The highest BCUT2D eigenvalue weighted by molar-refractivity contribution is 6.01. The SMILES string of the molecule is C[C@@H]1C[C@H](C)CN(C(=O)CCC(=O)N(c2ccccc2)c2ccccc2)C1. The van der Waals surface area contributed by atoms with Gasteiger partial charge in [0.05, 0.1) is 0 Å². The van der Waals surface area contributed by atoms with E-state index >= 15 is 0 Å². The molecule has 4 heteroatoms. The Balaban J connectivity index is 1.69. The predicted octanol–water partition coefficient (Wildman–Crippen LogP) is 4.64. The molecule has 1 aliphatic heterocycles. The van der Waals surface area contributed by atoms with Gasteiger partial charge in [-0.25, -0.2) is 0 Å². The van der Waals surface area contributed by atoms with Gasteiger partial charge in [-0.15, -0.1) is 0 Å². The van der Waals surface area contributed by atoms with Crippen molar-refractivity contribution in [1.82, 2.24) is 4.90 Å². The minimum atomic E-state index is -0.0566. The lowest BCUT2D eigenvalue weighted by Gasteiger charge is -2.35. The van der Waals surface area contributed by atoms with Crippen LogP contribution in [0, 0.1) is 11.8 Å². The zero-order valence-electron chi connectivity index (χ0n) is 16.2. The van der Waals surface area contributed by atoms with E-state index in [9.17, 15) is 9.59 Å². The number of piperidine rings is 1. The molecule has 0 aliphatic carbocycles. The molecule has 0 spiro atoms. The van der Waals surface area contributed by atoms with Gasteiger partial charge >= 0.3 is 0 Å². The molecule has 1 fully saturated rings. The van der Waals surface area contributed by atoms with Crippen LogP contribution in [0.5, 0.6) is 0 Å². The van der Waals surface area contributed by atoms with E-state index in [4.69, 9.17) is 0 Å². The molecular formula is C23H28N2O2. The van der Waals surface area contributed by atoms with Crippen molar-refractivity contribution < 1.29 is 9.59 Å². The number of amides is 2. The molecule has 142 valence electrons. The Labute approximate surface area is 161 Å². The van der Waals surface area contributed by atoms with Gasteiger partial charge in [0.15, 0.2) is 0 Å². The van der Waals surface area contributed by atoms with Crippen molar-refractivity contribution in [2.24, 2.45) is 11.8 Å². The van der Waals surface area contributed by atoms with Gasteiger partial charge in [-0.2, -0.15) is 0 Å². The molecule has 0 N–H and O–H groups in total. The van der Waals surface area contributed by atoms with Crippen LogP contribution >= 0.6 is 0 Å².